The van der Waals surface area contributed by atoms with Crippen LogP contribution in [0.5, 0.6) is 5.75 Å². The average Bonchev–Trinajstić information content (AvgIpc) is 3.09. The summed E-state index contributed by atoms with van der Waals surface area (Å²) in [5.74, 6) is 0.437. The van der Waals surface area contributed by atoms with Crippen molar-refractivity contribution in [3.8, 4) is 5.75 Å². The van der Waals surface area contributed by atoms with Gasteiger partial charge >= 0.3 is 6.09 Å². The van der Waals surface area contributed by atoms with Crippen LogP contribution >= 0.6 is 11.6 Å². The molecule has 1 heterocycles. The number of alkyl carbamates (subject to hydrolysis) is 1. The molecule has 10 nitrogen and oxygen atoms in total. The molecule has 0 aliphatic heterocycles. The van der Waals surface area contributed by atoms with E-state index in [1.165, 1.54) is 0 Å². The van der Waals surface area contributed by atoms with Crippen molar-refractivity contribution < 1.29 is 29.0 Å². The molecule has 1 aromatic heterocycles. The summed E-state index contributed by atoms with van der Waals surface area (Å²) in [6, 6.07) is 12.1. The molecule has 3 rings (SSSR count). The molecular weight excluding hydrogens is 466 g/mol. The quantitative estimate of drug-likeness (QED) is 0.257. The van der Waals surface area contributed by atoms with Crippen molar-refractivity contribution >= 4 is 34.5 Å². The monoisotopic (exact) mass is 489 g/mol. The lowest BCUT2D eigenvalue weighted by atomic mass is 10.1. The highest BCUT2D eigenvalue weighted by atomic mass is 35.5. The van der Waals surface area contributed by atoms with Crippen LogP contribution < -0.4 is 10.1 Å². The van der Waals surface area contributed by atoms with Crippen LogP contribution in [-0.2, 0) is 16.0 Å². The maximum atomic E-state index is 13.3. The number of carbonyl (C=O) groups is 2. The minimum atomic E-state index is -0.885. The van der Waals surface area contributed by atoms with Gasteiger partial charge in [-0.1, -0.05) is 11.6 Å². The van der Waals surface area contributed by atoms with Crippen LogP contribution in [0.3, 0.4) is 0 Å². The lowest BCUT2D eigenvalue weighted by molar-refractivity contribution is -0.757. The molecule has 1 amide bonds. The first-order chi connectivity index (χ1) is 16.3. The largest absolute Gasteiger partial charge is 0.497 e. The number of ether oxygens (including phenoxy) is 2. The van der Waals surface area contributed by atoms with Crippen LogP contribution in [0, 0.1) is 17.0 Å². The Balaban J connectivity index is 1.75. The Bertz CT molecular complexity index is 1190. The van der Waals surface area contributed by atoms with Crippen LogP contribution in [0.25, 0.3) is 10.9 Å². The van der Waals surface area contributed by atoms with Crippen molar-refractivity contribution in [3.05, 3.63) is 74.4 Å². The predicted octanol–water partition coefficient (Wildman–Crippen LogP) is 4.17. The average molecular weight is 490 g/mol. The summed E-state index contributed by atoms with van der Waals surface area (Å²) in [4.78, 5) is 39.5. The van der Waals surface area contributed by atoms with Gasteiger partial charge in [-0.2, -0.15) is 0 Å². The molecule has 0 aliphatic carbocycles. The van der Waals surface area contributed by atoms with Gasteiger partial charge in [-0.25, -0.2) is 4.79 Å². The first-order valence-electron chi connectivity index (χ1n) is 10.5. The highest BCUT2D eigenvalue weighted by Gasteiger charge is 2.20. The number of nitrogens with one attached hydrogen (secondary N) is 1. The Kier molecular flexibility index (Phi) is 8.31. The zero-order chi connectivity index (χ0) is 24.7. The van der Waals surface area contributed by atoms with Crippen LogP contribution in [0.15, 0.2) is 42.5 Å². The predicted molar refractivity (Wildman–Crippen MR) is 125 cm³/mol. The SMILES string of the molecule is COc1ccc2c(c1)c(CCOC(=O)NCCCO[N+](=O)[O-])c(C)n2C(=O)c1ccc(Cl)cc1. The van der Waals surface area contributed by atoms with Gasteiger partial charge in [-0.15, -0.1) is 10.1 Å². The van der Waals surface area contributed by atoms with Crippen molar-refractivity contribution in [1.82, 2.24) is 9.88 Å². The summed E-state index contributed by atoms with van der Waals surface area (Å²) in [5.41, 5.74) is 2.78. The highest BCUT2D eigenvalue weighted by molar-refractivity contribution is 6.30. The molecule has 3 aromatic rings. The number of amides is 1. The first kappa shape index (κ1) is 24.8. The molecule has 0 bridgehead atoms. The third-order valence-electron chi connectivity index (χ3n) is 5.21. The third kappa shape index (κ3) is 5.96. The standard InChI is InChI=1S/C23H24ClN3O7/c1-15-19(10-13-33-23(29)25-11-3-12-34-27(30)31)20-14-18(32-2)8-9-21(20)26(15)22(28)16-4-6-17(24)7-5-16/h4-9,14H,3,10-13H2,1-2H3,(H,25,29). The smallest absolute Gasteiger partial charge is 0.407 e. The minimum absolute atomic E-state index is 0.0729. The maximum absolute atomic E-state index is 13.3. The Labute approximate surface area is 200 Å². The summed E-state index contributed by atoms with van der Waals surface area (Å²) in [6.07, 6.45) is 0.00102. The second-order valence-corrected chi connectivity index (χ2v) is 7.75. The Morgan fingerprint density at radius 3 is 2.56 bits per heavy atom. The molecular formula is C23H24ClN3O7. The fourth-order valence-electron chi connectivity index (χ4n) is 3.59. The van der Waals surface area contributed by atoms with Gasteiger partial charge in [0.15, 0.2) is 0 Å². The summed E-state index contributed by atoms with van der Waals surface area (Å²) >= 11 is 5.96. The van der Waals surface area contributed by atoms with Crippen molar-refractivity contribution in [3.63, 3.8) is 0 Å². The number of halogens is 1. The van der Waals surface area contributed by atoms with Gasteiger partial charge < -0.3 is 19.6 Å². The van der Waals surface area contributed by atoms with Gasteiger partial charge in [0, 0.05) is 34.6 Å². The number of fused-ring (bicyclic) bond motifs is 1. The number of rotatable bonds is 10. The molecule has 1 N–H and O–H groups in total. The van der Waals surface area contributed by atoms with E-state index in [0.717, 1.165) is 16.6 Å². The third-order valence-corrected chi connectivity index (χ3v) is 5.46. The molecule has 0 fully saturated rings. The molecule has 0 radical (unpaired) electrons. The normalized spacial score (nSPS) is 10.7. The number of aromatic nitrogens is 1. The van der Waals surface area contributed by atoms with Gasteiger partial charge in [-0.3, -0.25) is 9.36 Å². The van der Waals surface area contributed by atoms with E-state index in [9.17, 15) is 19.7 Å². The Hall–Kier alpha value is -3.79. The molecule has 34 heavy (non-hydrogen) atoms. The van der Waals surface area contributed by atoms with Crippen molar-refractivity contribution in [1.29, 1.82) is 0 Å². The lowest BCUT2D eigenvalue weighted by Crippen LogP contribution is -2.27. The number of carbonyl (C=O) groups excluding carboxylic acids is 2. The minimum Gasteiger partial charge on any atom is -0.497 e. The zero-order valence-corrected chi connectivity index (χ0v) is 19.5. The van der Waals surface area contributed by atoms with Crippen molar-refractivity contribution in [2.75, 3.05) is 26.9 Å². The molecule has 11 heteroatoms. The number of methoxy groups -OCH3 is 1. The van der Waals surface area contributed by atoms with E-state index in [4.69, 9.17) is 21.1 Å². The number of benzene rings is 2. The van der Waals surface area contributed by atoms with Gasteiger partial charge in [0.05, 0.1) is 25.8 Å². The second kappa shape index (κ2) is 11.4. The van der Waals surface area contributed by atoms with Crippen molar-refractivity contribution in [2.45, 2.75) is 19.8 Å². The van der Waals surface area contributed by atoms with Crippen LogP contribution in [0.2, 0.25) is 5.02 Å². The number of hydrogen-bond acceptors (Lipinski definition) is 7. The molecule has 0 saturated heterocycles. The van der Waals surface area contributed by atoms with Gasteiger partial charge in [0.1, 0.15) is 5.75 Å². The molecule has 0 atom stereocenters. The van der Waals surface area contributed by atoms with E-state index in [1.54, 1.807) is 42.0 Å². The van der Waals surface area contributed by atoms with Crippen LogP contribution in [0.4, 0.5) is 4.79 Å². The number of hydrogen-bond donors (Lipinski definition) is 1. The molecule has 0 spiro atoms. The summed E-state index contributed by atoms with van der Waals surface area (Å²) in [5, 5.41) is 13.1. The second-order valence-electron chi connectivity index (χ2n) is 7.32. The van der Waals surface area contributed by atoms with E-state index in [-0.39, 0.29) is 32.1 Å². The fraction of sp³-hybridized carbons (Fsp3) is 0.304. The molecule has 0 aliphatic rings. The van der Waals surface area contributed by atoms with Gasteiger partial charge in [-0.05, 0) is 61.4 Å². The zero-order valence-electron chi connectivity index (χ0n) is 18.7. The summed E-state index contributed by atoms with van der Waals surface area (Å²) in [7, 11) is 1.56. The fourth-order valence-corrected chi connectivity index (χ4v) is 3.71. The molecule has 2 aromatic carbocycles. The summed E-state index contributed by atoms with van der Waals surface area (Å²) in [6.45, 7) is 1.97. The van der Waals surface area contributed by atoms with E-state index >= 15 is 0 Å². The van der Waals surface area contributed by atoms with Crippen LogP contribution in [-0.4, -0.2) is 48.5 Å². The maximum Gasteiger partial charge on any atom is 0.407 e. The molecule has 0 saturated carbocycles. The van der Waals surface area contributed by atoms with Crippen LogP contribution in [0.1, 0.15) is 28.0 Å². The Morgan fingerprint density at radius 1 is 1.15 bits per heavy atom. The van der Waals surface area contributed by atoms with E-state index in [0.29, 0.717) is 28.3 Å². The lowest BCUT2D eigenvalue weighted by Gasteiger charge is -2.09. The topological polar surface area (TPSA) is 122 Å². The Morgan fingerprint density at radius 2 is 1.88 bits per heavy atom. The summed E-state index contributed by atoms with van der Waals surface area (Å²) < 4.78 is 12.2. The molecule has 0 unspecified atom stereocenters. The van der Waals surface area contributed by atoms with Gasteiger partial charge in [0.25, 0.3) is 11.0 Å². The highest BCUT2D eigenvalue weighted by Crippen LogP contribution is 2.30. The molecule has 180 valence electrons. The first-order valence-corrected chi connectivity index (χ1v) is 10.9. The number of nitrogens with zero attached hydrogens (tertiary/aromatic N) is 2. The van der Waals surface area contributed by atoms with E-state index < -0.39 is 11.2 Å². The van der Waals surface area contributed by atoms with E-state index in [1.807, 2.05) is 19.1 Å². The van der Waals surface area contributed by atoms with E-state index in [2.05, 4.69) is 10.2 Å². The van der Waals surface area contributed by atoms with Gasteiger partial charge in [0.2, 0.25) is 0 Å². The van der Waals surface area contributed by atoms with Crippen molar-refractivity contribution in [2.24, 2.45) is 0 Å².